The number of imide groups is 1. The molecule has 0 N–H and O–H groups in total. The molecule has 1 aliphatic heterocycles. The van der Waals surface area contributed by atoms with E-state index in [1.807, 2.05) is 49.3 Å². The summed E-state index contributed by atoms with van der Waals surface area (Å²) < 4.78 is 0. The predicted octanol–water partition coefficient (Wildman–Crippen LogP) is 2.47. The van der Waals surface area contributed by atoms with Crippen molar-refractivity contribution in [1.29, 1.82) is 0 Å². The monoisotopic (exact) mass is 324 g/mol. The van der Waals surface area contributed by atoms with E-state index in [1.165, 1.54) is 4.90 Å². The van der Waals surface area contributed by atoms with E-state index in [0.29, 0.717) is 19.5 Å². The van der Waals surface area contributed by atoms with E-state index >= 15 is 0 Å². The zero-order chi connectivity index (χ0) is 15.5. The molecule has 0 aliphatic carbocycles. The minimum Gasteiger partial charge on any atom is -0.308 e. The lowest BCUT2D eigenvalue weighted by atomic mass is 9.75. The topological polar surface area (TPSA) is 40.6 Å². The van der Waals surface area contributed by atoms with Crippen LogP contribution in [0.15, 0.2) is 30.3 Å². The van der Waals surface area contributed by atoms with E-state index in [4.69, 9.17) is 0 Å². The van der Waals surface area contributed by atoms with Crippen molar-refractivity contribution < 1.29 is 9.59 Å². The summed E-state index contributed by atoms with van der Waals surface area (Å²) >= 11 is 0. The van der Waals surface area contributed by atoms with Gasteiger partial charge in [0.05, 0.1) is 5.41 Å². The zero-order valence-electron chi connectivity index (χ0n) is 13.5. The second-order valence-electron chi connectivity index (χ2n) is 6.03. The molecule has 1 atom stereocenters. The van der Waals surface area contributed by atoms with Gasteiger partial charge in [-0.15, -0.1) is 12.4 Å². The normalized spacial score (nSPS) is 21.4. The number of carbonyl (C=O) groups is 2. The number of amides is 2. The molecule has 1 fully saturated rings. The third-order valence-corrected chi connectivity index (χ3v) is 4.18. The molecular formula is C17H25ClN2O2. The molecule has 1 aromatic rings. The van der Waals surface area contributed by atoms with Crippen LogP contribution >= 0.6 is 12.4 Å². The van der Waals surface area contributed by atoms with Gasteiger partial charge in [0.2, 0.25) is 11.8 Å². The summed E-state index contributed by atoms with van der Waals surface area (Å²) in [7, 11) is 3.89. The summed E-state index contributed by atoms with van der Waals surface area (Å²) in [5, 5.41) is 0. The largest absolute Gasteiger partial charge is 0.308 e. The lowest BCUT2D eigenvalue weighted by Crippen LogP contribution is -2.41. The van der Waals surface area contributed by atoms with Crippen LogP contribution in [0.1, 0.15) is 31.7 Å². The van der Waals surface area contributed by atoms with Crippen LogP contribution in [0.4, 0.5) is 0 Å². The summed E-state index contributed by atoms with van der Waals surface area (Å²) in [5.41, 5.74) is 0.317. The Bertz CT molecular complexity index is 519. The molecule has 22 heavy (non-hydrogen) atoms. The molecule has 1 aromatic carbocycles. The van der Waals surface area contributed by atoms with Crippen molar-refractivity contribution in [2.24, 2.45) is 0 Å². The Labute approximate surface area is 138 Å². The SMILES string of the molecule is CCCC1(c2ccccc2)CC(=O)N(CCN(C)C)C1=O.Cl. The Balaban J connectivity index is 0.00000242. The second-order valence-corrected chi connectivity index (χ2v) is 6.03. The van der Waals surface area contributed by atoms with Gasteiger partial charge in [-0.2, -0.15) is 0 Å². The van der Waals surface area contributed by atoms with Gasteiger partial charge in [0.1, 0.15) is 0 Å². The predicted molar refractivity (Wildman–Crippen MR) is 90.2 cm³/mol. The second kappa shape index (κ2) is 7.75. The van der Waals surface area contributed by atoms with Crippen LogP contribution in [0.25, 0.3) is 0 Å². The third-order valence-electron chi connectivity index (χ3n) is 4.18. The van der Waals surface area contributed by atoms with Gasteiger partial charge in [-0.05, 0) is 26.1 Å². The summed E-state index contributed by atoms with van der Waals surface area (Å²) in [4.78, 5) is 28.7. The van der Waals surface area contributed by atoms with Crippen molar-refractivity contribution in [2.75, 3.05) is 27.2 Å². The molecule has 2 rings (SSSR count). The molecule has 0 radical (unpaired) electrons. The lowest BCUT2D eigenvalue weighted by molar-refractivity contribution is -0.140. The number of likely N-dealkylation sites (tertiary alicyclic amines) is 1. The highest BCUT2D eigenvalue weighted by Gasteiger charge is 2.51. The van der Waals surface area contributed by atoms with Gasteiger partial charge in [0.25, 0.3) is 0 Å². The van der Waals surface area contributed by atoms with Crippen molar-refractivity contribution in [3.63, 3.8) is 0 Å². The minimum absolute atomic E-state index is 0. The Kier molecular flexibility index (Phi) is 6.57. The highest BCUT2D eigenvalue weighted by Crippen LogP contribution is 2.40. The Morgan fingerprint density at radius 2 is 1.82 bits per heavy atom. The molecule has 1 aliphatic rings. The van der Waals surface area contributed by atoms with Crippen molar-refractivity contribution in [2.45, 2.75) is 31.6 Å². The van der Waals surface area contributed by atoms with Gasteiger partial charge in [-0.3, -0.25) is 14.5 Å². The van der Waals surface area contributed by atoms with Crippen LogP contribution in [0.5, 0.6) is 0 Å². The molecule has 1 saturated heterocycles. The number of carbonyl (C=O) groups excluding carboxylic acids is 2. The standard InChI is InChI=1S/C17H24N2O2.ClH/c1-4-10-17(14-8-6-5-7-9-14)13-15(20)19(16(17)21)12-11-18(2)3;/h5-9H,4,10-13H2,1-3H3;1H. The highest BCUT2D eigenvalue weighted by atomic mass is 35.5. The Morgan fingerprint density at radius 3 is 2.36 bits per heavy atom. The van der Waals surface area contributed by atoms with Crippen molar-refractivity contribution in [3.8, 4) is 0 Å². The molecule has 1 unspecified atom stereocenters. The third kappa shape index (κ3) is 3.50. The van der Waals surface area contributed by atoms with Gasteiger partial charge >= 0.3 is 0 Å². The van der Waals surface area contributed by atoms with Crippen LogP contribution in [-0.4, -0.2) is 48.8 Å². The van der Waals surface area contributed by atoms with Gasteiger partial charge in [-0.25, -0.2) is 0 Å². The molecule has 0 spiro atoms. The minimum atomic E-state index is -0.653. The fraction of sp³-hybridized carbons (Fsp3) is 0.529. The summed E-state index contributed by atoms with van der Waals surface area (Å²) in [6.07, 6.45) is 1.91. The lowest BCUT2D eigenvalue weighted by Gasteiger charge is -2.27. The smallest absolute Gasteiger partial charge is 0.240 e. The fourth-order valence-electron chi connectivity index (χ4n) is 3.08. The summed E-state index contributed by atoms with van der Waals surface area (Å²) in [6, 6.07) is 9.75. The Hall–Kier alpha value is -1.39. The molecule has 122 valence electrons. The van der Waals surface area contributed by atoms with E-state index in [2.05, 4.69) is 6.92 Å². The maximum Gasteiger partial charge on any atom is 0.240 e. The van der Waals surface area contributed by atoms with E-state index < -0.39 is 5.41 Å². The number of hydrogen-bond donors (Lipinski definition) is 0. The number of hydrogen-bond acceptors (Lipinski definition) is 3. The molecule has 5 heteroatoms. The maximum absolute atomic E-state index is 12.9. The van der Waals surface area contributed by atoms with Crippen molar-refractivity contribution in [3.05, 3.63) is 35.9 Å². The number of benzene rings is 1. The van der Waals surface area contributed by atoms with Crippen LogP contribution < -0.4 is 0 Å². The molecular weight excluding hydrogens is 300 g/mol. The quantitative estimate of drug-likeness (QED) is 0.755. The molecule has 0 aromatic heterocycles. The number of halogens is 1. The van der Waals surface area contributed by atoms with Crippen LogP contribution in [0.3, 0.4) is 0 Å². The van der Waals surface area contributed by atoms with E-state index in [0.717, 1.165) is 18.4 Å². The van der Waals surface area contributed by atoms with Crippen LogP contribution in [-0.2, 0) is 15.0 Å². The number of nitrogens with zero attached hydrogens (tertiary/aromatic N) is 2. The average molecular weight is 325 g/mol. The zero-order valence-corrected chi connectivity index (χ0v) is 14.4. The first-order valence-electron chi connectivity index (χ1n) is 7.56. The van der Waals surface area contributed by atoms with E-state index in [1.54, 1.807) is 0 Å². The number of likely N-dealkylation sites (N-methyl/N-ethyl adjacent to an activating group) is 1. The van der Waals surface area contributed by atoms with Crippen LogP contribution in [0, 0.1) is 0 Å². The highest BCUT2D eigenvalue weighted by molar-refractivity contribution is 6.09. The molecule has 1 heterocycles. The Morgan fingerprint density at radius 1 is 1.18 bits per heavy atom. The first-order chi connectivity index (χ1) is 10.0. The van der Waals surface area contributed by atoms with Gasteiger partial charge < -0.3 is 4.90 Å². The molecule has 4 nitrogen and oxygen atoms in total. The molecule has 2 amide bonds. The van der Waals surface area contributed by atoms with Gasteiger partial charge in [0, 0.05) is 19.5 Å². The summed E-state index contributed by atoms with van der Waals surface area (Å²) in [5.74, 6) is -0.0680. The first kappa shape index (κ1) is 18.7. The van der Waals surface area contributed by atoms with Crippen molar-refractivity contribution in [1.82, 2.24) is 9.80 Å². The van der Waals surface area contributed by atoms with E-state index in [9.17, 15) is 9.59 Å². The van der Waals surface area contributed by atoms with Crippen LogP contribution in [0.2, 0.25) is 0 Å². The fourth-order valence-corrected chi connectivity index (χ4v) is 3.08. The average Bonchev–Trinajstić information content (AvgIpc) is 2.70. The summed E-state index contributed by atoms with van der Waals surface area (Å²) in [6.45, 7) is 3.24. The molecule has 0 saturated carbocycles. The first-order valence-corrected chi connectivity index (χ1v) is 7.56. The van der Waals surface area contributed by atoms with Crippen molar-refractivity contribution >= 4 is 24.2 Å². The number of rotatable bonds is 6. The maximum atomic E-state index is 12.9. The molecule has 0 bridgehead atoms. The van der Waals surface area contributed by atoms with Gasteiger partial charge in [-0.1, -0.05) is 43.7 Å². The van der Waals surface area contributed by atoms with E-state index in [-0.39, 0.29) is 24.2 Å². The van der Waals surface area contributed by atoms with Gasteiger partial charge in [0.15, 0.2) is 0 Å².